The molecule has 0 amide bonds. The van der Waals surface area contributed by atoms with E-state index < -0.39 is 0 Å². The highest BCUT2D eigenvalue weighted by Gasteiger charge is 2.21. The largest absolute Gasteiger partial charge is 0.452 e. The smallest absolute Gasteiger partial charge is 0.238 e. The van der Waals surface area contributed by atoms with Gasteiger partial charge in [0.2, 0.25) is 5.78 Å². The minimum absolute atomic E-state index is 0.137. The molecule has 19 heavy (non-hydrogen) atoms. The number of carbonyl (C=O) groups excluding carboxylic acids is 1. The van der Waals surface area contributed by atoms with Crippen molar-refractivity contribution in [3.63, 3.8) is 0 Å². The molecule has 0 radical (unpaired) electrons. The van der Waals surface area contributed by atoms with Gasteiger partial charge in [-0.3, -0.25) is 4.79 Å². The molecular weight excluding hydrogens is 263 g/mol. The predicted molar refractivity (Wildman–Crippen MR) is 73.4 cm³/mol. The van der Waals surface area contributed by atoms with Gasteiger partial charge in [0.05, 0.1) is 4.88 Å². The lowest BCUT2D eigenvalue weighted by molar-refractivity contribution is 0.101. The van der Waals surface area contributed by atoms with Crippen LogP contribution < -0.4 is 0 Å². The van der Waals surface area contributed by atoms with Crippen molar-refractivity contribution in [2.24, 2.45) is 0 Å². The van der Waals surface area contributed by atoms with Crippen molar-refractivity contribution >= 4 is 28.1 Å². The number of carbonyl (C=O) groups is 1. The summed E-state index contributed by atoms with van der Waals surface area (Å²) in [7, 11) is 0. The van der Waals surface area contributed by atoms with Crippen LogP contribution in [0, 0.1) is 19.7 Å². The van der Waals surface area contributed by atoms with Gasteiger partial charge in [0.1, 0.15) is 11.4 Å². The summed E-state index contributed by atoms with van der Waals surface area (Å²) < 4.78 is 18.8. The molecule has 0 aliphatic carbocycles. The van der Waals surface area contributed by atoms with E-state index in [1.807, 2.05) is 18.4 Å². The first-order valence-corrected chi connectivity index (χ1v) is 6.73. The zero-order valence-electron chi connectivity index (χ0n) is 10.5. The third kappa shape index (κ3) is 1.88. The van der Waals surface area contributed by atoms with Crippen LogP contribution in [-0.4, -0.2) is 5.78 Å². The zero-order valence-corrected chi connectivity index (χ0v) is 11.3. The molecule has 0 unspecified atom stereocenters. The second-order valence-corrected chi connectivity index (χ2v) is 5.37. The molecule has 0 fully saturated rings. The summed E-state index contributed by atoms with van der Waals surface area (Å²) in [5.41, 5.74) is 2.16. The normalized spacial score (nSPS) is 11.1. The molecule has 0 bridgehead atoms. The molecule has 0 aliphatic rings. The van der Waals surface area contributed by atoms with Crippen molar-refractivity contribution in [3.05, 3.63) is 57.2 Å². The van der Waals surface area contributed by atoms with E-state index in [-0.39, 0.29) is 11.6 Å². The molecule has 0 N–H and O–H groups in total. The number of benzene rings is 1. The quantitative estimate of drug-likeness (QED) is 0.645. The molecular formula is C15H11FO2S. The summed E-state index contributed by atoms with van der Waals surface area (Å²) in [6.07, 6.45) is 0. The molecule has 2 heterocycles. The fraction of sp³-hybridized carbons (Fsp3) is 0.133. The minimum Gasteiger partial charge on any atom is -0.452 e. The van der Waals surface area contributed by atoms with Crippen molar-refractivity contribution in [2.75, 3.05) is 0 Å². The fourth-order valence-corrected chi connectivity index (χ4v) is 2.98. The summed E-state index contributed by atoms with van der Waals surface area (Å²) >= 11 is 1.39. The van der Waals surface area contributed by atoms with Crippen molar-refractivity contribution in [3.8, 4) is 0 Å². The zero-order chi connectivity index (χ0) is 13.6. The molecule has 0 spiro atoms. The molecule has 0 aliphatic heterocycles. The molecule has 2 aromatic heterocycles. The van der Waals surface area contributed by atoms with Gasteiger partial charge in [-0.25, -0.2) is 4.39 Å². The Balaban J connectivity index is 2.18. The molecule has 0 saturated heterocycles. The van der Waals surface area contributed by atoms with E-state index in [0.29, 0.717) is 27.2 Å². The highest BCUT2D eigenvalue weighted by Crippen LogP contribution is 2.29. The van der Waals surface area contributed by atoms with Crippen LogP contribution in [0.1, 0.15) is 26.6 Å². The topological polar surface area (TPSA) is 30.2 Å². The van der Waals surface area contributed by atoms with Crippen LogP contribution in [0.15, 0.2) is 34.1 Å². The maximum absolute atomic E-state index is 13.2. The van der Waals surface area contributed by atoms with E-state index in [1.165, 1.54) is 23.5 Å². The van der Waals surface area contributed by atoms with Crippen LogP contribution in [0.25, 0.3) is 11.0 Å². The summed E-state index contributed by atoms with van der Waals surface area (Å²) in [6, 6.07) is 6.17. The molecule has 1 aromatic carbocycles. The lowest BCUT2D eigenvalue weighted by Crippen LogP contribution is -2.00. The summed E-state index contributed by atoms with van der Waals surface area (Å²) in [5, 5.41) is 2.53. The summed E-state index contributed by atoms with van der Waals surface area (Å²) in [4.78, 5) is 13.1. The number of rotatable bonds is 2. The molecule has 0 atom stereocenters. The van der Waals surface area contributed by atoms with Gasteiger partial charge in [-0.1, -0.05) is 0 Å². The Morgan fingerprint density at radius 1 is 1.26 bits per heavy atom. The van der Waals surface area contributed by atoms with Crippen molar-refractivity contribution in [2.45, 2.75) is 13.8 Å². The first kappa shape index (κ1) is 12.1. The van der Waals surface area contributed by atoms with E-state index in [0.717, 1.165) is 5.56 Å². The highest BCUT2D eigenvalue weighted by atomic mass is 32.1. The Bertz CT molecular complexity index is 783. The second kappa shape index (κ2) is 4.31. The lowest BCUT2D eigenvalue weighted by atomic mass is 10.1. The Morgan fingerprint density at radius 2 is 2.05 bits per heavy atom. The van der Waals surface area contributed by atoms with Crippen LogP contribution in [0.5, 0.6) is 0 Å². The molecule has 0 saturated carbocycles. The molecule has 4 heteroatoms. The SMILES string of the molecule is Cc1ccsc1C(=O)c1oc2ccc(F)cc2c1C. The van der Waals surface area contributed by atoms with E-state index >= 15 is 0 Å². The molecule has 2 nitrogen and oxygen atoms in total. The summed E-state index contributed by atoms with van der Waals surface area (Å²) in [6.45, 7) is 3.67. The number of furan rings is 1. The minimum atomic E-state index is -0.331. The lowest BCUT2D eigenvalue weighted by Gasteiger charge is -1.97. The number of halogens is 1. The molecule has 3 rings (SSSR count). The number of thiophene rings is 1. The Hall–Kier alpha value is -1.94. The van der Waals surface area contributed by atoms with Gasteiger partial charge in [-0.2, -0.15) is 0 Å². The number of ketones is 1. The highest BCUT2D eigenvalue weighted by molar-refractivity contribution is 7.12. The van der Waals surface area contributed by atoms with Gasteiger partial charge in [0, 0.05) is 10.9 Å². The average Bonchev–Trinajstić information content (AvgIpc) is 2.94. The van der Waals surface area contributed by atoms with Gasteiger partial charge in [-0.05, 0) is 49.1 Å². The van der Waals surface area contributed by atoms with Gasteiger partial charge in [0.25, 0.3) is 0 Å². The van der Waals surface area contributed by atoms with E-state index in [2.05, 4.69) is 0 Å². The van der Waals surface area contributed by atoms with E-state index in [9.17, 15) is 9.18 Å². The van der Waals surface area contributed by atoms with Gasteiger partial charge < -0.3 is 4.42 Å². The van der Waals surface area contributed by atoms with Crippen LogP contribution >= 0.6 is 11.3 Å². The van der Waals surface area contributed by atoms with Crippen LogP contribution in [0.2, 0.25) is 0 Å². The second-order valence-electron chi connectivity index (χ2n) is 4.46. The van der Waals surface area contributed by atoms with E-state index in [4.69, 9.17) is 4.42 Å². The summed E-state index contributed by atoms with van der Waals surface area (Å²) in [5.74, 6) is -0.171. The number of fused-ring (bicyclic) bond motifs is 1. The van der Waals surface area contributed by atoms with Gasteiger partial charge in [-0.15, -0.1) is 11.3 Å². The van der Waals surface area contributed by atoms with Gasteiger partial charge in [0.15, 0.2) is 5.76 Å². The Labute approximate surface area is 113 Å². The van der Waals surface area contributed by atoms with Gasteiger partial charge >= 0.3 is 0 Å². The average molecular weight is 274 g/mol. The maximum Gasteiger partial charge on any atom is 0.238 e. The Kier molecular flexibility index (Phi) is 2.75. The molecule has 96 valence electrons. The number of hydrogen-bond acceptors (Lipinski definition) is 3. The Morgan fingerprint density at radius 3 is 2.74 bits per heavy atom. The molecule has 3 aromatic rings. The standard InChI is InChI=1S/C15H11FO2S/c1-8-5-6-19-15(8)13(17)14-9(2)11-7-10(16)3-4-12(11)18-14/h3-7H,1-2H3. The fourth-order valence-electron chi connectivity index (χ4n) is 2.12. The van der Waals surface area contributed by atoms with Crippen LogP contribution in [0.3, 0.4) is 0 Å². The van der Waals surface area contributed by atoms with Crippen LogP contribution in [-0.2, 0) is 0 Å². The van der Waals surface area contributed by atoms with Crippen molar-refractivity contribution < 1.29 is 13.6 Å². The number of hydrogen-bond donors (Lipinski definition) is 0. The first-order valence-electron chi connectivity index (χ1n) is 5.85. The third-order valence-corrected chi connectivity index (χ3v) is 4.19. The first-order chi connectivity index (χ1) is 9.08. The van der Waals surface area contributed by atoms with Crippen LogP contribution in [0.4, 0.5) is 4.39 Å². The van der Waals surface area contributed by atoms with E-state index in [1.54, 1.807) is 13.0 Å². The van der Waals surface area contributed by atoms with Crippen molar-refractivity contribution in [1.29, 1.82) is 0 Å². The van der Waals surface area contributed by atoms with Crippen molar-refractivity contribution in [1.82, 2.24) is 0 Å². The third-order valence-electron chi connectivity index (χ3n) is 3.17. The number of aryl methyl sites for hydroxylation is 2. The predicted octanol–water partition coefficient (Wildman–Crippen LogP) is 4.48. The monoisotopic (exact) mass is 274 g/mol. The maximum atomic E-state index is 13.2.